The van der Waals surface area contributed by atoms with E-state index in [1.165, 1.54) is 0 Å². The SMILES string of the molecule is COc1ccc(N(C)C(=O)[n+]2cccc(-c3ccccc3)c2)cc1.[Cl-]. The number of benzene rings is 2. The van der Waals surface area contributed by atoms with E-state index >= 15 is 0 Å². The average molecular weight is 355 g/mol. The second-order valence-corrected chi connectivity index (χ2v) is 5.41. The zero-order chi connectivity index (χ0) is 16.9. The van der Waals surface area contributed by atoms with Crippen molar-refractivity contribution in [2.75, 3.05) is 19.1 Å². The Labute approximate surface area is 153 Å². The van der Waals surface area contributed by atoms with E-state index in [0.717, 1.165) is 22.6 Å². The molecular weight excluding hydrogens is 336 g/mol. The lowest BCUT2D eigenvalue weighted by atomic mass is 10.1. The Morgan fingerprint density at radius 2 is 1.56 bits per heavy atom. The van der Waals surface area contributed by atoms with E-state index in [1.54, 1.807) is 29.8 Å². The summed E-state index contributed by atoms with van der Waals surface area (Å²) in [6.07, 6.45) is 3.60. The van der Waals surface area contributed by atoms with Gasteiger partial charge in [0, 0.05) is 5.56 Å². The molecule has 1 amide bonds. The number of aromatic nitrogens is 1. The van der Waals surface area contributed by atoms with Gasteiger partial charge in [0.25, 0.3) is 0 Å². The summed E-state index contributed by atoms with van der Waals surface area (Å²) in [6.45, 7) is 0. The number of carbonyl (C=O) groups is 1. The summed E-state index contributed by atoms with van der Waals surface area (Å²) in [4.78, 5) is 14.3. The summed E-state index contributed by atoms with van der Waals surface area (Å²) in [5.74, 6) is 0.762. The molecule has 0 N–H and O–H groups in total. The normalized spacial score (nSPS) is 9.84. The maximum atomic E-state index is 12.7. The summed E-state index contributed by atoms with van der Waals surface area (Å²) >= 11 is 0. The van der Waals surface area contributed by atoms with Crippen LogP contribution in [0, 0.1) is 0 Å². The number of halogens is 1. The fraction of sp³-hybridized carbons (Fsp3) is 0.100. The number of carbonyl (C=O) groups excluding carboxylic acids is 1. The predicted molar refractivity (Wildman–Crippen MR) is 94.3 cm³/mol. The van der Waals surface area contributed by atoms with Gasteiger partial charge in [0.2, 0.25) is 0 Å². The van der Waals surface area contributed by atoms with Crippen LogP contribution in [0.2, 0.25) is 0 Å². The number of hydrogen-bond donors (Lipinski definition) is 0. The van der Waals surface area contributed by atoms with E-state index in [0.29, 0.717) is 0 Å². The van der Waals surface area contributed by atoms with Gasteiger partial charge in [-0.3, -0.25) is 0 Å². The second kappa shape index (κ2) is 8.31. The lowest BCUT2D eigenvalue weighted by Crippen LogP contribution is -3.00. The first-order valence-electron chi connectivity index (χ1n) is 7.68. The van der Waals surface area contributed by atoms with Crippen LogP contribution < -0.4 is 26.6 Å². The molecule has 0 aliphatic rings. The number of pyridine rings is 1. The summed E-state index contributed by atoms with van der Waals surface area (Å²) < 4.78 is 6.74. The first-order valence-corrected chi connectivity index (χ1v) is 7.68. The molecule has 3 rings (SSSR count). The van der Waals surface area contributed by atoms with E-state index in [9.17, 15) is 4.79 Å². The molecule has 0 saturated heterocycles. The molecule has 0 radical (unpaired) electrons. The van der Waals surface area contributed by atoms with E-state index in [1.807, 2.05) is 72.9 Å². The standard InChI is InChI=1S/C20H19N2O2.ClH/c1-21(18-10-12-19(24-2)13-11-18)20(23)22-14-6-9-17(15-22)16-7-4-3-5-8-16;/h3-15H,1-2H3;1H/q+1;/p-1. The lowest BCUT2D eigenvalue weighted by molar-refractivity contribution is -0.569. The molecule has 0 spiro atoms. The zero-order valence-electron chi connectivity index (χ0n) is 14.1. The Bertz CT molecular complexity index is 836. The number of anilines is 1. The van der Waals surface area contributed by atoms with Gasteiger partial charge in [0.1, 0.15) is 17.6 Å². The molecule has 2 aromatic carbocycles. The third kappa shape index (κ3) is 4.17. The number of methoxy groups -OCH3 is 1. The van der Waals surface area contributed by atoms with Gasteiger partial charge in [-0.25, -0.2) is 0 Å². The van der Waals surface area contributed by atoms with Gasteiger partial charge in [0.15, 0.2) is 0 Å². The third-order valence-corrected chi connectivity index (χ3v) is 3.88. The van der Waals surface area contributed by atoms with E-state index in [-0.39, 0.29) is 18.4 Å². The molecule has 0 fully saturated rings. The maximum Gasteiger partial charge on any atom is 0.502 e. The van der Waals surface area contributed by atoms with Crippen molar-refractivity contribution < 1.29 is 26.5 Å². The first-order chi connectivity index (χ1) is 11.7. The summed E-state index contributed by atoms with van der Waals surface area (Å²) in [6, 6.07) is 21.1. The quantitative estimate of drug-likeness (QED) is 0.651. The number of amides is 1. The van der Waals surface area contributed by atoms with Gasteiger partial charge < -0.3 is 17.1 Å². The fourth-order valence-electron chi connectivity index (χ4n) is 2.49. The van der Waals surface area contributed by atoms with E-state index < -0.39 is 0 Å². The molecule has 0 unspecified atom stereocenters. The predicted octanol–water partition coefficient (Wildman–Crippen LogP) is 0.758. The van der Waals surface area contributed by atoms with E-state index in [4.69, 9.17) is 4.74 Å². The van der Waals surface area contributed by atoms with Gasteiger partial charge in [-0.05, 0) is 42.0 Å². The van der Waals surface area contributed by atoms with Crippen molar-refractivity contribution in [2.24, 2.45) is 0 Å². The topological polar surface area (TPSA) is 33.4 Å². The minimum atomic E-state index is -0.127. The van der Waals surface area contributed by atoms with Gasteiger partial charge in [-0.1, -0.05) is 30.3 Å². The molecule has 0 atom stereocenters. The van der Waals surface area contributed by atoms with Crippen LogP contribution in [0.25, 0.3) is 11.1 Å². The minimum absolute atomic E-state index is 0. The van der Waals surface area contributed by atoms with Crippen LogP contribution in [0.15, 0.2) is 79.1 Å². The monoisotopic (exact) mass is 354 g/mol. The van der Waals surface area contributed by atoms with Gasteiger partial charge in [0.05, 0.1) is 20.4 Å². The molecule has 0 aliphatic heterocycles. The zero-order valence-corrected chi connectivity index (χ0v) is 14.9. The van der Waals surface area contributed by atoms with Crippen LogP contribution in [0.1, 0.15) is 0 Å². The highest BCUT2D eigenvalue weighted by atomic mass is 35.5. The van der Waals surface area contributed by atoms with E-state index in [2.05, 4.69) is 0 Å². The van der Waals surface area contributed by atoms with Crippen molar-refractivity contribution in [3.8, 4) is 16.9 Å². The van der Waals surface area contributed by atoms with Crippen LogP contribution in [-0.2, 0) is 0 Å². The maximum absolute atomic E-state index is 12.7. The van der Waals surface area contributed by atoms with Gasteiger partial charge in [-0.2, -0.15) is 14.3 Å². The Morgan fingerprint density at radius 3 is 2.20 bits per heavy atom. The highest BCUT2D eigenvalue weighted by Gasteiger charge is 2.22. The largest absolute Gasteiger partial charge is 1.00 e. The van der Waals surface area contributed by atoms with Crippen molar-refractivity contribution in [3.05, 3.63) is 79.1 Å². The van der Waals surface area contributed by atoms with Crippen LogP contribution >= 0.6 is 0 Å². The molecular formula is C20H19ClN2O2. The van der Waals surface area contributed by atoms with Crippen molar-refractivity contribution in [3.63, 3.8) is 0 Å². The van der Waals surface area contributed by atoms with Gasteiger partial charge in [-0.15, -0.1) is 0 Å². The smallest absolute Gasteiger partial charge is 0.502 e. The fourth-order valence-corrected chi connectivity index (χ4v) is 2.49. The number of hydrogen-bond acceptors (Lipinski definition) is 2. The number of rotatable bonds is 3. The van der Waals surface area contributed by atoms with Crippen LogP contribution in [0.3, 0.4) is 0 Å². The van der Waals surface area contributed by atoms with Crippen molar-refractivity contribution in [1.29, 1.82) is 0 Å². The summed E-state index contributed by atoms with van der Waals surface area (Å²) in [5, 5.41) is 0. The Hall–Kier alpha value is -2.85. The molecule has 4 nitrogen and oxygen atoms in total. The van der Waals surface area contributed by atoms with Crippen LogP contribution in [0.5, 0.6) is 5.75 Å². The Balaban J connectivity index is 0.00000225. The van der Waals surface area contributed by atoms with Crippen LogP contribution in [-0.4, -0.2) is 20.2 Å². The molecule has 25 heavy (non-hydrogen) atoms. The van der Waals surface area contributed by atoms with Crippen molar-refractivity contribution in [2.45, 2.75) is 0 Å². The minimum Gasteiger partial charge on any atom is -1.00 e. The van der Waals surface area contributed by atoms with Crippen molar-refractivity contribution in [1.82, 2.24) is 0 Å². The highest BCUT2D eigenvalue weighted by Crippen LogP contribution is 2.19. The lowest BCUT2D eigenvalue weighted by Gasteiger charge is -2.11. The van der Waals surface area contributed by atoms with Gasteiger partial charge >= 0.3 is 6.03 Å². The molecule has 0 aliphatic carbocycles. The third-order valence-electron chi connectivity index (χ3n) is 3.88. The average Bonchev–Trinajstić information content (AvgIpc) is 2.67. The molecule has 0 saturated carbocycles. The Kier molecular flexibility index (Phi) is 6.14. The molecule has 0 bridgehead atoms. The van der Waals surface area contributed by atoms with Crippen LogP contribution in [0.4, 0.5) is 10.5 Å². The number of ether oxygens (including phenoxy) is 1. The molecule has 128 valence electrons. The summed E-state index contributed by atoms with van der Waals surface area (Å²) in [7, 11) is 3.38. The molecule has 3 aromatic rings. The first kappa shape index (κ1) is 18.5. The molecule has 1 aromatic heterocycles. The molecule has 5 heteroatoms. The summed E-state index contributed by atoms with van der Waals surface area (Å²) in [5.41, 5.74) is 2.87. The Morgan fingerprint density at radius 1 is 0.920 bits per heavy atom. The highest BCUT2D eigenvalue weighted by molar-refractivity contribution is 5.85. The molecule has 1 heterocycles. The second-order valence-electron chi connectivity index (χ2n) is 5.41. The number of nitrogens with zero attached hydrogens (tertiary/aromatic N) is 2. The van der Waals surface area contributed by atoms with Crippen molar-refractivity contribution >= 4 is 11.7 Å².